The van der Waals surface area contributed by atoms with Gasteiger partial charge in [0.1, 0.15) is 36.1 Å². The first kappa shape index (κ1) is 17.9. The van der Waals surface area contributed by atoms with E-state index >= 15 is 0 Å². The van der Waals surface area contributed by atoms with Crippen LogP contribution in [0, 0.1) is 0 Å². The topological polar surface area (TPSA) is 63.2 Å². The predicted octanol–water partition coefficient (Wildman–Crippen LogP) is 3.70. The van der Waals surface area contributed by atoms with Crippen molar-refractivity contribution in [3.8, 4) is 28.7 Å². The van der Waals surface area contributed by atoms with Crippen molar-refractivity contribution >= 4 is 5.78 Å². The number of methoxy groups -OCH3 is 2. The fourth-order valence-electron chi connectivity index (χ4n) is 4.34. The summed E-state index contributed by atoms with van der Waals surface area (Å²) in [4.78, 5) is 13.5. The molecular formula is C23H22O6. The Kier molecular flexibility index (Phi) is 3.98. The maximum absolute atomic E-state index is 13.5. The van der Waals surface area contributed by atoms with E-state index in [-0.39, 0.29) is 18.5 Å². The van der Waals surface area contributed by atoms with Crippen LogP contribution in [0.1, 0.15) is 34.3 Å². The van der Waals surface area contributed by atoms with Crippen LogP contribution < -0.4 is 23.7 Å². The molecule has 6 heteroatoms. The average molecular weight is 394 g/mol. The minimum Gasteiger partial charge on any atom is -0.493 e. The highest BCUT2D eigenvalue weighted by Crippen LogP contribution is 2.49. The summed E-state index contributed by atoms with van der Waals surface area (Å²) in [5, 5.41) is 0. The highest BCUT2D eigenvalue weighted by molar-refractivity contribution is 6.06. The Labute approximate surface area is 169 Å². The smallest absolute Gasteiger partial charge is 0.178 e. The molecule has 2 aromatic rings. The molecule has 6 nitrogen and oxygen atoms in total. The molecule has 0 saturated heterocycles. The lowest BCUT2D eigenvalue weighted by Crippen LogP contribution is -2.43. The molecule has 29 heavy (non-hydrogen) atoms. The molecule has 0 amide bonds. The first-order chi connectivity index (χ1) is 14.0. The molecule has 0 radical (unpaired) electrons. The Morgan fingerprint density at radius 2 is 1.86 bits per heavy atom. The lowest BCUT2D eigenvalue weighted by molar-refractivity contribution is 0.0554. The van der Waals surface area contributed by atoms with Crippen LogP contribution in [-0.2, 0) is 6.42 Å². The normalized spacial score (nSPS) is 23.4. The highest BCUT2D eigenvalue weighted by Gasteiger charge is 2.45. The molecule has 0 saturated carbocycles. The number of ketones is 1. The van der Waals surface area contributed by atoms with Gasteiger partial charge in [-0.3, -0.25) is 4.79 Å². The average Bonchev–Trinajstić information content (AvgIpc) is 3.17. The van der Waals surface area contributed by atoms with Crippen molar-refractivity contribution in [3.63, 3.8) is 0 Å². The summed E-state index contributed by atoms with van der Waals surface area (Å²) in [7, 11) is 3.14. The van der Waals surface area contributed by atoms with Crippen molar-refractivity contribution in [2.45, 2.75) is 31.5 Å². The quantitative estimate of drug-likeness (QED) is 0.740. The molecule has 2 aromatic carbocycles. The molecule has 0 N–H and O–H groups in total. The van der Waals surface area contributed by atoms with Gasteiger partial charge in [0.05, 0.1) is 25.7 Å². The second-order valence-electron chi connectivity index (χ2n) is 7.63. The van der Waals surface area contributed by atoms with Gasteiger partial charge in [-0.05, 0) is 30.7 Å². The molecular weight excluding hydrogens is 372 g/mol. The zero-order valence-electron chi connectivity index (χ0n) is 16.6. The molecule has 0 aliphatic carbocycles. The van der Waals surface area contributed by atoms with E-state index in [1.165, 1.54) is 0 Å². The summed E-state index contributed by atoms with van der Waals surface area (Å²) < 4.78 is 29.0. The summed E-state index contributed by atoms with van der Waals surface area (Å²) in [6.07, 6.45) is 0.157. The van der Waals surface area contributed by atoms with E-state index in [1.807, 2.05) is 19.1 Å². The first-order valence-electron chi connectivity index (χ1n) is 9.59. The zero-order chi connectivity index (χ0) is 20.3. The molecule has 0 bridgehead atoms. The van der Waals surface area contributed by atoms with Crippen LogP contribution in [0.2, 0.25) is 0 Å². The Bertz CT molecular complexity index is 1040. The molecule has 3 aliphatic heterocycles. The van der Waals surface area contributed by atoms with Crippen LogP contribution in [0.5, 0.6) is 28.7 Å². The van der Waals surface area contributed by atoms with Crippen molar-refractivity contribution in [3.05, 3.63) is 53.1 Å². The maximum atomic E-state index is 13.5. The molecule has 5 rings (SSSR count). The van der Waals surface area contributed by atoms with Gasteiger partial charge in [0.15, 0.2) is 17.3 Å². The molecule has 0 fully saturated rings. The third kappa shape index (κ3) is 2.58. The molecule has 3 heterocycles. The van der Waals surface area contributed by atoms with E-state index in [0.717, 1.165) is 22.4 Å². The van der Waals surface area contributed by atoms with Crippen LogP contribution in [0.25, 0.3) is 0 Å². The minimum absolute atomic E-state index is 0.0228. The highest BCUT2D eigenvalue weighted by atomic mass is 16.5. The van der Waals surface area contributed by atoms with E-state index in [4.69, 9.17) is 23.7 Å². The molecule has 0 spiro atoms. The lowest BCUT2D eigenvalue weighted by Gasteiger charge is -2.37. The van der Waals surface area contributed by atoms with Gasteiger partial charge in [0, 0.05) is 23.6 Å². The van der Waals surface area contributed by atoms with Gasteiger partial charge in [0.2, 0.25) is 0 Å². The van der Waals surface area contributed by atoms with Gasteiger partial charge < -0.3 is 23.7 Å². The maximum Gasteiger partial charge on any atom is 0.178 e. The monoisotopic (exact) mass is 394 g/mol. The standard InChI is InChI=1S/C23H22O6/c1-11(2)16-8-14-15(28-16)6-5-12-22(24)21-13-7-18(25-3)19(26-4)9-17(13)27-10-20(21)29-23(12)14/h5-7,9,16,20-21H,1,8,10H2,2-4H3/t16?,20-,21+/m1/s1. The molecule has 0 aromatic heterocycles. The first-order valence-corrected chi connectivity index (χ1v) is 9.59. The van der Waals surface area contributed by atoms with E-state index < -0.39 is 12.0 Å². The van der Waals surface area contributed by atoms with Crippen molar-refractivity contribution < 1.29 is 28.5 Å². The zero-order valence-corrected chi connectivity index (χ0v) is 16.6. The van der Waals surface area contributed by atoms with Crippen LogP contribution in [-0.4, -0.2) is 38.8 Å². The molecule has 1 unspecified atom stereocenters. The summed E-state index contributed by atoms with van der Waals surface area (Å²) >= 11 is 0. The summed E-state index contributed by atoms with van der Waals surface area (Å²) in [5.41, 5.74) is 3.22. The van der Waals surface area contributed by atoms with Gasteiger partial charge in [-0.2, -0.15) is 0 Å². The van der Waals surface area contributed by atoms with Crippen molar-refractivity contribution in [2.75, 3.05) is 20.8 Å². The number of carbonyl (C=O) groups excluding carboxylic acids is 1. The number of hydrogen-bond acceptors (Lipinski definition) is 6. The van der Waals surface area contributed by atoms with Crippen molar-refractivity contribution in [2.24, 2.45) is 0 Å². The van der Waals surface area contributed by atoms with Crippen LogP contribution in [0.15, 0.2) is 36.4 Å². The van der Waals surface area contributed by atoms with Gasteiger partial charge in [-0.1, -0.05) is 6.58 Å². The SMILES string of the molecule is C=C(C)C1Cc2c(ccc3c2O[C@@H]2COc4cc(OC)c(OC)cc4[C@@H]2C3=O)O1. The lowest BCUT2D eigenvalue weighted by atomic mass is 9.81. The number of benzene rings is 2. The third-order valence-corrected chi connectivity index (χ3v) is 5.87. The third-order valence-electron chi connectivity index (χ3n) is 5.87. The number of ether oxygens (including phenoxy) is 5. The Hall–Kier alpha value is -3.15. The number of hydrogen-bond donors (Lipinski definition) is 0. The van der Waals surface area contributed by atoms with Crippen LogP contribution >= 0.6 is 0 Å². The summed E-state index contributed by atoms with van der Waals surface area (Å²) in [6.45, 7) is 6.22. The van der Waals surface area contributed by atoms with Crippen molar-refractivity contribution in [1.29, 1.82) is 0 Å². The van der Waals surface area contributed by atoms with Crippen LogP contribution in [0.3, 0.4) is 0 Å². The van der Waals surface area contributed by atoms with Crippen LogP contribution in [0.4, 0.5) is 0 Å². The number of Topliss-reactive ketones (excluding diaryl/α,β-unsaturated/α-hetero) is 1. The van der Waals surface area contributed by atoms with Gasteiger partial charge in [-0.15, -0.1) is 0 Å². The van der Waals surface area contributed by atoms with Gasteiger partial charge >= 0.3 is 0 Å². The number of carbonyl (C=O) groups is 1. The Morgan fingerprint density at radius 3 is 2.59 bits per heavy atom. The Balaban J connectivity index is 1.58. The largest absolute Gasteiger partial charge is 0.493 e. The number of rotatable bonds is 3. The predicted molar refractivity (Wildman–Crippen MR) is 106 cm³/mol. The summed E-state index contributed by atoms with van der Waals surface area (Å²) in [6, 6.07) is 7.23. The molecule has 150 valence electrons. The molecule has 3 aliphatic rings. The Morgan fingerprint density at radius 1 is 1.10 bits per heavy atom. The van der Waals surface area contributed by atoms with Crippen molar-refractivity contribution in [1.82, 2.24) is 0 Å². The van der Waals surface area contributed by atoms with E-state index in [0.29, 0.717) is 35.0 Å². The second kappa shape index (κ2) is 6.44. The van der Waals surface area contributed by atoms with Gasteiger partial charge in [-0.25, -0.2) is 0 Å². The van der Waals surface area contributed by atoms with Gasteiger partial charge in [0.25, 0.3) is 0 Å². The fourth-order valence-corrected chi connectivity index (χ4v) is 4.34. The van der Waals surface area contributed by atoms with E-state index in [2.05, 4.69) is 6.58 Å². The van der Waals surface area contributed by atoms with E-state index in [1.54, 1.807) is 26.4 Å². The fraction of sp³-hybridized carbons (Fsp3) is 0.348. The summed E-state index contributed by atoms with van der Waals surface area (Å²) in [5.74, 6) is 2.68. The minimum atomic E-state index is -0.455. The molecule has 3 atom stereocenters. The second-order valence-corrected chi connectivity index (χ2v) is 7.63. The van der Waals surface area contributed by atoms with E-state index in [9.17, 15) is 4.79 Å². The number of fused-ring (bicyclic) bond motifs is 6.